The van der Waals surface area contributed by atoms with Gasteiger partial charge in [0.2, 0.25) is 5.95 Å². The number of anilines is 1. The molecule has 2 aromatic heterocycles. The quantitative estimate of drug-likeness (QED) is 0.861. The molecule has 2 rings (SSSR count). The van der Waals surface area contributed by atoms with Gasteiger partial charge in [-0.25, -0.2) is 15.0 Å². The molecule has 0 fully saturated rings. The van der Waals surface area contributed by atoms with E-state index in [4.69, 9.17) is 0 Å². The summed E-state index contributed by atoms with van der Waals surface area (Å²) in [5, 5.41) is 6.21. The molecular formula is C10H12N4S. The van der Waals surface area contributed by atoms with Crippen molar-refractivity contribution in [2.24, 2.45) is 0 Å². The maximum absolute atomic E-state index is 4.34. The zero-order valence-electron chi connectivity index (χ0n) is 8.69. The Balaban J connectivity index is 1.96. The maximum Gasteiger partial charge on any atom is 0.222 e. The predicted octanol–water partition coefficient (Wildman–Crippen LogP) is 2.16. The van der Waals surface area contributed by atoms with Crippen molar-refractivity contribution in [3.8, 4) is 0 Å². The largest absolute Gasteiger partial charge is 0.348 e. The highest BCUT2D eigenvalue weighted by Crippen LogP contribution is 2.10. The molecule has 15 heavy (non-hydrogen) atoms. The van der Waals surface area contributed by atoms with Crippen LogP contribution >= 0.6 is 11.3 Å². The molecule has 2 heterocycles. The third-order valence-corrected chi connectivity index (χ3v) is 2.81. The minimum Gasteiger partial charge on any atom is -0.348 e. The van der Waals surface area contributed by atoms with Crippen LogP contribution in [0.1, 0.15) is 16.3 Å². The summed E-state index contributed by atoms with van der Waals surface area (Å²) >= 11 is 1.64. The molecule has 0 aliphatic carbocycles. The van der Waals surface area contributed by atoms with Crippen molar-refractivity contribution in [3.63, 3.8) is 0 Å². The highest BCUT2D eigenvalue weighted by Gasteiger charge is 1.99. The van der Waals surface area contributed by atoms with E-state index in [0.717, 1.165) is 16.3 Å². The molecule has 0 aliphatic heterocycles. The van der Waals surface area contributed by atoms with Crippen LogP contribution in [0.3, 0.4) is 0 Å². The molecule has 0 saturated carbocycles. The third-order valence-electron chi connectivity index (χ3n) is 1.85. The lowest BCUT2D eigenvalue weighted by molar-refractivity contribution is 1.02. The molecule has 4 nitrogen and oxygen atoms in total. The van der Waals surface area contributed by atoms with E-state index in [1.807, 2.05) is 19.2 Å². The molecule has 5 heteroatoms. The first kappa shape index (κ1) is 10.0. The van der Waals surface area contributed by atoms with Crippen molar-refractivity contribution in [2.45, 2.75) is 20.4 Å². The monoisotopic (exact) mass is 220 g/mol. The van der Waals surface area contributed by atoms with Crippen LogP contribution in [-0.4, -0.2) is 15.0 Å². The Kier molecular flexibility index (Phi) is 2.91. The SMILES string of the molecule is Cc1cnc(NCc2nc(C)cs2)nc1. The van der Waals surface area contributed by atoms with Gasteiger partial charge < -0.3 is 5.32 Å². The van der Waals surface area contributed by atoms with E-state index in [1.165, 1.54) is 0 Å². The van der Waals surface area contributed by atoms with E-state index in [1.54, 1.807) is 23.7 Å². The molecule has 2 aromatic rings. The van der Waals surface area contributed by atoms with Gasteiger partial charge in [0.05, 0.1) is 6.54 Å². The first-order chi connectivity index (χ1) is 7.24. The van der Waals surface area contributed by atoms with Crippen LogP contribution in [0.4, 0.5) is 5.95 Å². The van der Waals surface area contributed by atoms with E-state index in [-0.39, 0.29) is 0 Å². The van der Waals surface area contributed by atoms with Crippen LogP contribution in [0, 0.1) is 13.8 Å². The van der Waals surface area contributed by atoms with Crippen molar-refractivity contribution in [2.75, 3.05) is 5.32 Å². The number of aryl methyl sites for hydroxylation is 2. The summed E-state index contributed by atoms with van der Waals surface area (Å²) in [7, 11) is 0. The van der Waals surface area contributed by atoms with Crippen molar-refractivity contribution >= 4 is 17.3 Å². The molecule has 0 radical (unpaired) electrons. The fourth-order valence-electron chi connectivity index (χ4n) is 1.12. The zero-order chi connectivity index (χ0) is 10.7. The number of nitrogens with one attached hydrogen (secondary N) is 1. The molecule has 0 atom stereocenters. The molecule has 1 N–H and O–H groups in total. The lowest BCUT2D eigenvalue weighted by atomic mass is 10.4. The molecule has 0 aromatic carbocycles. The Morgan fingerprint density at radius 1 is 1.27 bits per heavy atom. The van der Waals surface area contributed by atoms with Crippen LogP contribution in [0.2, 0.25) is 0 Å². The first-order valence-electron chi connectivity index (χ1n) is 4.67. The summed E-state index contributed by atoms with van der Waals surface area (Å²) in [4.78, 5) is 12.7. The van der Waals surface area contributed by atoms with Crippen molar-refractivity contribution < 1.29 is 0 Å². The predicted molar refractivity (Wildman–Crippen MR) is 60.9 cm³/mol. The summed E-state index contributed by atoms with van der Waals surface area (Å²) in [5.74, 6) is 0.647. The van der Waals surface area contributed by atoms with Crippen LogP contribution in [0.15, 0.2) is 17.8 Å². The normalized spacial score (nSPS) is 10.3. The molecule has 0 saturated heterocycles. The van der Waals surface area contributed by atoms with Crippen molar-refractivity contribution in [3.05, 3.63) is 34.0 Å². The van der Waals surface area contributed by atoms with Crippen molar-refractivity contribution in [1.82, 2.24) is 15.0 Å². The summed E-state index contributed by atoms with van der Waals surface area (Å²) in [5.41, 5.74) is 2.12. The second kappa shape index (κ2) is 4.35. The second-order valence-electron chi connectivity index (χ2n) is 3.32. The Bertz CT molecular complexity index is 435. The van der Waals surface area contributed by atoms with Gasteiger partial charge in [0.1, 0.15) is 5.01 Å². The maximum atomic E-state index is 4.34. The van der Waals surface area contributed by atoms with Gasteiger partial charge in [-0.1, -0.05) is 0 Å². The average molecular weight is 220 g/mol. The van der Waals surface area contributed by atoms with Gasteiger partial charge in [0.25, 0.3) is 0 Å². The van der Waals surface area contributed by atoms with Gasteiger partial charge in [-0.2, -0.15) is 0 Å². The Labute approximate surface area is 92.4 Å². The molecule has 0 unspecified atom stereocenters. The number of hydrogen-bond donors (Lipinski definition) is 1. The van der Waals surface area contributed by atoms with E-state index in [9.17, 15) is 0 Å². The van der Waals surface area contributed by atoms with Crippen molar-refractivity contribution in [1.29, 1.82) is 0 Å². The lowest BCUT2D eigenvalue weighted by Crippen LogP contribution is -2.03. The van der Waals surface area contributed by atoms with Gasteiger partial charge in [0, 0.05) is 23.5 Å². The molecule has 0 aliphatic rings. The van der Waals surface area contributed by atoms with E-state index >= 15 is 0 Å². The Morgan fingerprint density at radius 2 is 2.00 bits per heavy atom. The van der Waals surface area contributed by atoms with E-state index < -0.39 is 0 Å². The summed E-state index contributed by atoms with van der Waals surface area (Å²) in [6.07, 6.45) is 3.59. The molecule has 78 valence electrons. The molecular weight excluding hydrogens is 208 g/mol. The molecule has 0 spiro atoms. The summed E-state index contributed by atoms with van der Waals surface area (Å²) in [6, 6.07) is 0. The van der Waals surface area contributed by atoms with Crippen LogP contribution in [0.25, 0.3) is 0 Å². The van der Waals surface area contributed by atoms with E-state index in [0.29, 0.717) is 12.5 Å². The average Bonchev–Trinajstić information content (AvgIpc) is 2.64. The van der Waals surface area contributed by atoms with Gasteiger partial charge in [0.15, 0.2) is 0 Å². The van der Waals surface area contributed by atoms with Gasteiger partial charge in [-0.05, 0) is 19.4 Å². The second-order valence-corrected chi connectivity index (χ2v) is 4.26. The summed E-state index contributed by atoms with van der Waals surface area (Å²) in [6.45, 7) is 4.64. The van der Waals surface area contributed by atoms with Crippen LogP contribution < -0.4 is 5.32 Å². The first-order valence-corrected chi connectivity index (χ1v) is 5.55. The van der Waals surface area contributed by atoms with Crippen LogP contribution in [-0.2, 0) is 6.54 Å². The topological polar surface area (TPSA) is 50.7 Å². The lowest BCUT2D eigenvalue weighted by Gasteiger charge is -2.01. The molecule has 0 amide bonds. The van der Waals surface area contributed by atoms with Crippen LogP contribution in [0.5, 0.6) is 0 Å². The Morgan fingerprint density at radius 3 is 2.60 bits per heavy atom. The minimum absolute atomic E-state index is 0.647. The smallest absolute Gasteiger partial charge is 0.222 e. The highest BCUT2D eigenvalue weighted by atomic mass is 32.1. The fraction of sp³-hybridized carbons (Fsp3) is 0.300. The number of aromatic nitrogens is 3. The summed E-state index contributed by atoms with van der Waals surface area (Å²) < 4.78 is 0. The number of thiazole rings is 1. The minimum atomic E-state index is 0.647. The van der Waals surface area contributed by atoms with E-state index in [2.05, 4.69) is 20.3 Å². The third kappa shape index (κ3) is 2.73. The molecule has 0 bridgehead atoms. The zero-order valence-corrected chi connectivity index (χ0v) is 9.51. The number of hydrogen-bond acceptors (Lipinski definition) is 5. The van der Waals surface area contributed by atoms with Gasteiger partial charge >= 0.3 is 0 Å². The number of rotatable bonds is 3. The van der Waals surface area contributed by atoms with Gasteiger partial charge in [-0.15, -0.1) is 11.3 Å². The highest BCUT2D eigenvalue weighted by molar-refractivity contribution is 7.09. The Hall–Kier alpha value is -1.49. The standard InChI is InChI=1S/C10H12N4S/c1-7-3-11-10(12-4-7)13-5-9-14-8(2)6-15-9/h3-4,6H,5H2,1-2H3,(H,11,12,13). The number of nitrogens with zero attached hydrogens (tertiary/aromatic N) is 3. The van der Waals surface area contributed by atoms with Gasteiger partial charge in [-0.3, -0.25) is 0 Å². The fourth-order valence-corrected chi connectivity index (χ4v) is 1.83.